The minimum atomic E-state index is -0.806. The van der Waals surface area contributed by atoms with E-state index in [9.17, 15) is 4.79 Å². The molecule has 0 saturated carbocycles. The van der Waals surface area contributed by atoms with Crippen LogP contribution < -0.4 is 0 Å². The van der Waals surface area contributed by atoms with Crippen LogP contribution in [-0.4, -0.2) is 22.3 Å². The molecule has 0 aliphatic heterocycles. The van der Waals surface area contributed by atoms with Gasteiger partial charge in [0, 0.05) is 0 Å². The molecule has 0 aliphatic rings. The minimum absolute atomic E-state index is 0.377. The van der Waals surface area contributed by atoms with Crippen LogP contribution in [-0.2, 0) is 4.79 Å². The lowest BCUT2D eigenvalue weighted by atomic mass is 9.98. The fourth-order valence-corrected chi connectivity index (χ4v) is 0.937. The van der Waals surface area contributed by atoms with E-state index in [1.165, 1.54) is 0 Å². The first-order chi connectivity index (χ1) is 5.11. The fourth-order valence-electron chi connectivity index (χ4n) is 0.937. The molecule has 0 spiro atoms. The van der Waals surface area contributed by atoms with E-state index < -0.39 is 12.1 Å². The molecular formula is C8H16O3. The molecule has 0 amide bonds. The summed E-state index contributed by atoms with van der Waals surface area (Å²) < 4.78 is 0. The zero-order chi connectivity index (χ0) is 8.85. The van der Waals surface area contributed by atoms with Crippen molar-refractivity contribution >= 4 is 5.97 Å². The lowest BCUT2D eigenvalue weighted by Crippen LogP contribution is -2.19. The summed E-state index contributed by atoms with van der Waals surface area (Å²) in [7, 11) is 0. The Morgan fingerprint density at radius 1 is 1.36 bits per heavy atom. The fraction of sp³-hybridized carbons (Fsp3) is 0.875. The lowest BCUT2D eigenvalue weighted by Gasteiger charge is -2.12. The van der Waals surface area contributed by atoms with Crippen LogP contribution in [0.25, 0.3) is 0 Å². The molecule has 2 N–H and O–H groups in total. The van der Waals surface area contributed by atoms with Crippen LogP contribution in [0.4, 0.5) is 0 Å². The van der Waals surface area contributed by atoms with E-state index in [1.54, 1.807) is 0 Å². The average Bonchev–Trinajstić information content (AvgIpc) is 1.99. The molecule has 0 aromatic carbocycles. The van der Waals surface area contributed by atoms with Crippen molar-refractivity contribution in [3.05, 3.63) is 0 Å². The van der Waals surface area contributed by atoms with Crippen LogP contribution in [0.3, 0.4) is 0 Å². The Balaban J connectivity index is 3.77. The van der Waals surface area contributed by atoms with E-state index in [1.807, 2.05) is 13.8 Å². The molecule has 2 unspecified atom stereocenters. The second-order valence-electron chi connectivity index (χ2n) is 2.74. The number of carbonyl (C=O) groups is 1. The molecule has 0 aromatic heterocycles. The molecular weight excluding hydrogens is 144 g/mol. The molecule has 0 fully saturated rings. The van der Waals surface area contributed by atoms with E-state index in [4.69, 9.17) is 10.2 Å². The summed E-state index contributed by atoms with van der Waals surface area (Å²) in [5, 5.41) is 17.8. The largest absolute Gasteiger partial charge is 0.481 e. The summed E-state index contributed by atoms with van der Waals surface area (Å²) in [5.41, 5.74) is 0. The Labute approximate surface area is 67.0 Å². The second-order valence-corrected chi connectivity index (χ2v) is 2.74. The highest BCUT2D eigenvalue weighted by molar-refractivity contribution is 5.69. The number of aliphatic hydroxyl groups excluding tert-OH is 1. The molecule has 3 nitrogen and oxygen atoms in total. The van der Waals surface area contributed by atoms with Crippen molar-refractivity contribution in [2.24, 2.45) is 5.92 Å². The van der Waals surface area contributed by atoms with Gasteiger partial charge in [-0.15, -0.1) is 0 Å². The summed E-state index contributed by atoms with van der Waals surface area (Å²) in [6.45, 7) is 3.67. The van der Waals surface area contributed by atoms with Crippen LogP contribution in [0.2, 0.25) is 0 Å². The molecule has 2 atom stereocenters. The van der Waals surface area contributed by atoms with E-state index >= 15 is 0 Å². The zero-order valence-electron chi connectivity index (χ0n) is 7.08. The first kappa shape index (κ1) is 10.4. The molecule has 0 rings (SSSR count). The first-order valence-corrected chi connectivity index (χ1v) is 4.02. The molecule has 3 heteroatoms. The van der Waals surface area contributed by atoms with E-state index in [0.29, 0.717) is 19.3 Å². The predicted octanol–water partition coefficient (Wildman–Crippen LogP) is 1.26. The van der Waals surface area contributed by atoms with Gasteiger partial charge in [-0.2, -0.15) is 0 Å². The van der Waals surface area contributed by atoms with Crippen LogP contribution in [0.1, 0.15) is 33.1 Å². The number of hydrogen-bond acceptors (Lipinski definition) is 2. The van der Waals surface area contributed by atoms with E-state index in [2.05, 4.69) is 0 Å². The maximum atomic E-state index is 10.5. The number of hydrogen-bond donors (Lipinski definition) is 2. The minimum Gasteiger partial charge on any atom is -0.481 e. The summed E-state index contributed by atoms with van der Waals surface area (Å²) in [4.78, 5) is 10.5. The van der Waals surface area contributed by atoms with Crippen molar-refractivity contribution in [2.75, 3.05) is 0 Å². The highest BCUT2D eigenvalue weighted by atomic mass is 16.4. The molecule has 66 valence electrons. The summed E-state index contributed by atoms with van der Waals surface area (Å²) >= 11 is 0. The molecule has 11 heavy (non-hydrogen) atoms. The van der Waals surface area contributed by atoms with E-state index in [-0.39, 0.29) is 5.92 Å². The Hall–Kier alpha value is -0.570. The third-order valence-corrected chi connectivity index (χ3v) is 1.87. The van der Waals surface area contributed by atoms with Gasteiger partial charge in [0.25, 0.3) is 0 Å². The first-order valence-electron chi connectivity index (χ1n) is 4.02. The van der Waals surface area contributed by atoms with Crippen molar-refractivity contribution in [3.8, 4) is 0 Å². The summed E-state index contributed by atoms with van der Waals surface area (Å²) in [5.74, 6) is -1.19. The van der Waals surface area contributed by atoms with Crippen LogP contribution in [0.5, 0.6) is 0 Å². The van der Waals surface area contributed by atoms with Crippen LogP contribution in [0, 0.1) is 5.92 Å². The number of aliphatic carboxylic acids is 1. The van der Waals surface area contributed by atoms with Crippen molar-refractivity contribution in [1.29, 1.82) is 0 Å². The number of carboxylic acid groups (broad SMARTS) is 1. The Morgan fingerprint density at radius 2 is 1.91 bits per heavy atom. The molecule has 0 heterocycles. The van der Waals surface area contributed by atoms with Gasteiger partial charge in [0.15, 0.2) is 0 Å². The van der Waals surface area contributed by atoms with Gasteiger partial charge in [-0.3, -0.25) is 4.79 Å². The number of rotatable bonds is 5. The van der Waals surface area contributed by atoms with Crippen molar-refractivity contribution < 1.29 is 15.0 Å². The Morgan fingerprint density at radius 3 is 2.18 bits per heavy atom. The van der Waals surface area contributed by atoms with Gasteiger partial charge >= 0.3 is 5.97 Å². The standard InChI is InChI=1S/C8H16O3/c1-3-6(8(10)11)5-7(9)4-2/h6-7,9H,3-5H2,1-2H3,(H,10,11). The maximum Gasteiger partial charge on any atom is 0.306 e. The lowest BCUT2D eigenvalue weighted by molar-refractivity contribution is -0.143. The SMILES string of the molecule is CCC(O)CC(CC)C(=O)O. The summed E-state index contributed by atoms with van der Waals surface area (Å²) in [6, 6.07) is 0. The topological polar surface area (TPSA) is 57.5 Å². The Bertz CT molecular complexity index is 123. The highest BCUT2D eigenvalue weighted by Gasteiger charge is 2.17. The van der Waals surface area contributed by atoms with Gasteiger partial charge in [0.2, 0.25) is 0 Å². The van der Waals surface area contributed by atoms with Gasteiger partial charge in [-0.1, -0.05) is 13.8 Å². The van der Waals surface area contributed by atoms with Gasteiger partial charge < -0.3 is 10.2 Å². The Kier molecular flexibility index (Phi) is 4.86. The molecule has 0 radical (unpaired) electrons. The third-order valence-electron chi connectivity index (χ3n) is 1.87. The van der Waals surface area contributed by atoms with Crippen LogP contribution >= 0.6 is 0 Å². The molecule has 0 saturated heterocycles. The monoisotopic (exact) mass is 160 g/mol. The van der Waals surface area contributed by atoms with Crippen molar-refractivity contribution in [2.45, 2.75) is 39.2 Å². The average molecular weight is 160 g/mol. The molecule has 0 aliphatic carbocycles. The van der Waals surface area contributed by atoms with Crippen LogP contribution in [0.15, 0.2) is 0 Å². The van der Waals surface area contributed by atoms with Gasteiger partial charge in [0.05, 0.1) is 12.0 Å². The summed E-state index contributed by atoms with van der Waals surface area (Å²) in [6.07, 6.45) is 1.13. The van der Waals surface area contributed by atoms with E-state index in [0.717, 1.165) is 0 Å². The van der Waals surface area contributed by atoms with Crippen molar-refractivity contribution in [3.63, 3.8) is 0 Å². The smallest absolute Gasteiger partial charge is 0.306 e. The second kappa shape index (κ2) is 5.13. The van der Waals surface area contributed by atoms with Gasteiger partial charge in [-0.05, 0) is 19.3 Å². The zero-order valence-corrected chi connectivity index (χ0v) is 7.08. The quantitative estimate of drug-likeness (QED) is 0.636. The van der Waals surface area contributed by atoms with Crippen molar-refractivity contribution in [1.82, 2.24) is 0 Å². The number of carboxylic acids is 1. The van der Waals surface area contributed by atoms with Gasteiger partial charge in [-0.25, -0.2) is 0 Å². The highest BCUT2D eigenvalue weighted by Crippen LogP contribution is 2.12. The molecule has 0 bridgehead atoms. The normalized spacial score (nSPS) is 15.9. The third kappa shape index (κ3) is 3.98. The van der Waals surface area contributed by atoms with Gasteiger partial charge in [0.1, 0.15) is 0 Å². The number of aliphatic hydroxyl groups is 1. The molecule has 0 aromatic rings. The predicted molar refractivity (Wildman–Crippen MR) is 42.3 cm³/mol. The maximum absolute atomic E-state index is 10.5.